The van der Waals surface area contributed by atoms with Gasteiger partial charge in [0.15, 0.2) is 0 Å². The van der Waals surface area contributed by atoms with Crippen LogP contribution in [0.15, 0.2) is 12.4 Å². The number of aromatic nitrogens is 2. The van der Waals surface area contributed by atoms with Crippen LogP contribution in [0, 0.1) is 0 Å². The van der Waals surface area contributed by atoms with Gasteiger partial charge in [-0.2, -0.15) is 5.10 Å². The van der Waals surface area contributed by atoms with E-state index in [1.54, 1.807) is 0 Å². The van der Waals surface area contributed by atoms with Gasteiger partial charge in [-0.3, -0.25) is 4.68 Å². The highest BCUT2D eigenvalue weighted by molar-refractivity contribution is 5.16. The van der Waals surface area contributed by atoms with Crippen LogP contribution in [0.5, 0.6) is 0 Å². The molecule has 3 heteroatoms. The summed E-state index contributed by atoms with van der Waals surface area (Å²) < 4.78 is 2.01. The van der Waals surface area contributed by atoms with Crippen molar-refractivity contribution in [2.45, 2.75) is 45.2 Å². The van der Waals surface area contributed by atoms with Gasteiger partial charge in [0.1, 0.15) is 0 Å². The second-order valence-corrected chi connectivity index (χ2v) is 3.99. The van der Waals surface area contributed by atoms with Crippen LogP contribution < -0.4 is 5.32 Å². The van der Waals surface area contributed by atoms with Crippen molar-refractivity contribution in [2.75, 3.05) is 6.54 Å². The molecule has 1 fully saturated rings. The van der Waals surface area contributed by atoms with E-state index in [2.05, 4.69) is 30.5 Å². The van der Waals surface area contributed by atoms with Gasteiger partial charge in [-0.1, -0.05) is 6.92 Å². The molecule has 1 aliphatic heterocycles. The molecule has 1 N–H and O–H groups in total. The minimum Gasteiger partial charge on any atom is -0.313 e. The molecule has 0 bridgehead atoms. The number of aryl methyl sites for hydroxylation is 1. The summed E-state index contributed by atoms with van der Waals surface area (Å²) in [4.78, 5) is 0. The Kier molecular flexibility index (Phi) is 2.87. The zero-order valence-corrected chi connectivity index (χ0v) is 9.03. The number of hydrogen-bond acceptors (Lipinski definition) is 2. The fraction of sp³-hybridized carbons (Fsp3) is 0.727. The van der Waals surface area contributed by atoms with Crippen molar-refractivity contribution in [1.29, 1.82) is 0 Å². The Bertz CT molecular complexity index is 292. The van der Waals surface area contributed by atoms with E-state index in [0.717, 1.165) is 13.1 Å². The first-order valence-electron chi connectivity index (χ1n) is 5.60. The predicted octanol–water partition coefficient (Wildman–Crippen LogP) is 1.76. The lowest BCUT2D eigenvalue weighted by molar-refractivity contribution is 0.531. The van der Waals surface area contributed by atoms with Crippen LogP contribution in [-0.4, -0.2) is 22.4 Å². The molecule has 0 spiro atoms. The Labute approximate surface area is 85.5 Å². The minimum absolute atomic E-state index is 0.657. The van der Waals surface area contributed by atoms with E-state index >= 15 is 0 Å². The first kappa shape index (κ1) is 9.71. The fourth-order valence-electron chi connectivity index (χ4n) is 2.34. The predicted molar refractivity (Wildman–Crippen MR) is 57.3 cm³/mol. The molecular weight excluding hydrogens is 174 g/mol. The second kappa shape index (κ2) is 4.13. The van der Waals surface area contributed by atoms with E-state index in [1.165, 1.54) is 18.4 Å². The number of hydrogen-bond donors (Lipinski definition) is 1. The average Bonchev–Trinajstić information content (AvgIpc) is 2.85. The molecular formula is C11H19N3. The summed E-state index contributed by atoms with van der Waals surface area (Å²) in [5.41, 5.74) is 1.41. The van der Waals surface area contributed by atoms with E-state index in [9.17, 15) is 0 Å². The van der Waals surface area contributed by atoms with Crippen molar-refractivity contribution in [2.24, 2.45) is 0 Å². The van der Waals surface area contributed by atoms with Gasteiger partial charge in [-0.05, 0) is 31.9 Å². The third kappa shape index (κ3) is 1.69. The molecule has 0 amide bonds. The summed E-state index contributed by atoms with van der Waals surface area (Å²) in [7, 11) is 0. The molecule has 2 rings (SSSR count). The van der Waals surface area contributed by atoms with Gasteiger partial charge in [0, 0.05) is 24.7 Å². The standard InChI is InChI=1S/C11H19N3/c1-3-11-10(5-6-12-11)9-7-13-14(4-2)8-9/h7-8,10-12H,3-6H2,1-2H3. The van der Waals surface area contributed by atoms with Crippen molar-refractivity contribution < 1.29 is 0 Å². The maximum atomic E-state index is 4.34. The molecule has 0 saturated carbocycles. The van der Waals surface area contributed by atoms with Crippen molar-refractivity contribution in [1.82, 2.24) is 15.1 Å². The Morgan fingerprint density at radius 2 is 2.43 bits per heavy atom. The third-order valence-electron chi connectivity index (χ3n) is 3.19. The Morgan fingerprint density at radius 3 is 3.07 bits per heavy atom. The first-order valence-corrected chi connectivity index (χ1v) is 5.60. The molecule has 1 saturated heterocycles. The van der Waals surface area contributed by atoms with E-state index in [1.807, 2.05) is 10.9 Å². The fourth-order valence-corrected chi connectivity index (χ4v) is 2.34. The number of nitrogens with zero attached hydrogens (tertiary/aromatic N) is 2. The minimum atomic E-state index is 0.657. The van der Waals surface area contributed by atoms with E-state index in [4.69, 9.17) is 0 Å². The Hall–Kier alpha value is -0.830. The summed E-state index contributed by atoms with van der Waals surface area (Å²) >= 11 is 0. The molecule has 1 aromatic rings. The molecule has 78 valence electrons. The average molecular weight is 193 g/mol. The lowest BCUT2D eigenvalue weighted by atomic mass is 9.93. The molecule has 3 nitrogen and oxygen atoms in total. The van der Waals surface area contributed by atoms with Crippen LogP contribution in [-0.2, 0) is 6.54 Å². The SMILES string of the molecule is CCC1NCCC1c1cnn(CC)c1. The maximum Gasteiger partial charge on any atom is 0.0525 e. The summed E-state index contributed by atoms with van der Waals surface area (Å²) in [5, 5.41) is 7.88. The highest BCUT2D eigenvalue weighted by atomic mass is 15.3. The van der Waals surface area contributed by atoms with Crippen LogP contribution in [0.4, 0.5) is 0 Å². The molecule has 2 unspecified atom stereocenters. The van der Waals surface area contributed by atoms with Gasteiger partial charge in [-0.15, -0.1) is 0 Å². The highest BCUT2D eigenvalue weighted by Crippen LogP contribution is 2.28. The summed E-state index contributed by atoms with van der Waals surface area (Å²) in [6.07, 6.45) is 6.69. The molecule has 1 aliphatic rings. The Balaban J connectivity index is 2.13. The van der Waals surface area contributed by atoms with E-state index in [-0.39, 0.29) is 0 Å². The van der Waals surface area contributed by atoms with Crippen LogP contribution in [0.1, 0.15) is 38.2 Å². The molecule has 2 atom stereocenters. The van der Waals surface area contributed by atoms with Crippen LogP contribution in [0.3, 0.4) is 0 Å². The Morgan fingerprint density at radius 1 is 1.57 bits per heavy atom. The molecule has 0 aliphatic carbocycles. The molecule has 1 aromatic heterocycles. The van der Waals surface area contributed by atoms with Crippen molar-refractivity contribution in [3.8, 4) is 0 Å². The summed E-state index contributed by atoms with van der Waals surface area (Å²) in [6, 6.07) is 0.657. The quantitative estimate of drug-likeness (QED) is 0.792. The van der Waals surface area contributed by atoms with Crippen molar-refractivity contribution in [3.05, 3.63) is 18.0 Å². The third-order valence-corrected chi connectivity index (χ3v) is 3.19. The van der Waals surface area contributed by atoms with Gasteiger partial charge in [0.05, 0.1) is 6.20 Å². The normalized spacial score (nSPS) is 27.0. The maximum absolute atomic E-state index is 4.34. The van der Waals surface area contributed by atoms with Gasteiger partial charge in [0.25, 0.3) is 0 Å². The monoisotopic (exact) mass is 193 g/mol. The molecule has 14 heavy (non-hydrogen) atoms. The summed E-state index contributed by atoms with van der Waals surface area (Å²) in [6.45, 7) is 6.50. The lowest BCUT2D eigenvalue weighted by Gasteiger charge is -2.15. The van der Waals surface area contributed by atoms with Crippen molar-refractivity contribution >= 4 is 0 Å². The van der Waals surface area contributed by atoms with Gasteiger partial charge in [0.2, 0.25) is 0 Å². The highest BCUT2D eigenvalue weighted by Gasteiger charge is 2.27. The topological polar surface area (TPSA) is 29.9 Å². The largest absolute Gasteiger partial charge is 0.313 e. The number of nitrogens with one attached hydrogen (secondary N) is 1. The molecule has 2 heterocycles. The van der Waals surface area contributed by atoms with Gasteiger partial charge < -0.3 is 5.32 Å². The second-order valence-electron chi connectivity index (χ2n) is 3.99. The summed E-state index contributed by atoms with van der Waals surface area (Å²) in [5.74, 6) is 0.681. The smallest absolute Gasteiger partial charge is 0.0525 e. The number of rotatable bonds is 3. The van der Waals surface area contributed by atoms with E-state index < -0.39 is 0 Å². The molecule has 0 radical (unpaired) electrons. The zero-order valence-electron chi connectivity index (χ0n) is 9.03. The van der Waals surface area contributed by atoms with Gasteiger partial charge >= 0.3 is 0 Å². The molecule has 0 aromatic carbocycles. The lowest BCUT2D eigenvalue weighted by Crippen LogP contribution is -2.24. The van der Waals surface area contributed by atoms with Crippen LogP contribution >= 0.6 is 0 Å². The van der Waals surface area contributed by atoms with Crippen LogP contribution in [0.2, 0.25) is 0 Å². The zero-order chi connectivity index (χ0) is 9.97. The van der Waals surface area contributed by atoms with Gasteiger partial charge in [-0.25, -0.2) is 0 Å². The van der Waals surface area contributed by atoms with E-state index in [0.29, 0.717) is 12.0 Å². The first-order chi connectivity index (χ1) is 6.85. The van der Waals surface area contributed by atoms with Crippen LogP contribution in [0.25, 0.3) is 0 Å². The van der Waals surface area contributed by atoms with Crippen molar-refractivity contribution in [3.63, 3.8) is 0 Å².